The topological polar surface area (TPSA) is 56.4 Å². The van der Waals surface area contributed by atoms with E-state index in [1.807, 2.05) is 0 Å². The zero-order valence-electron chi connectivity index (χ0n) is 15.7. The van der Waals surface area contributed by atoms with Crippen LogP contribution in [0.3, 0.4) is 0 Å². The summed E-state index contributed by atoms with van der Waals surface area (Å²) >= 11 is 0. The number of alkyl halides is 3. The molecule has 30 heavy (non-hydrogen) atoms. The van der Waals surface area contributed by atoms with E-state index in [2.05, 4.69) is 4.98 Å². The van der Waals surface area contributed by atoms with Crippen molar-refractivity contribution in [3.63, 3.8) is 0 Å². The number of carbonyl (C=O) groups is 1. The van der Waals surface area contributed by atoms with Crippen molar-refractivity contribution in [2.24, 2.45) is 0 Å². The maximum atomic E-state index is 14.2. The second kappa shape index (κ2) is 7.47. The number of amides is 1. The molecule has 0 saturated carbocycles. The summed E-state index contributed by atoms with van der Waals surface area (Å²) in [5.41, 5.74) is -0.248. The van der Waals surface area contributed by atoms with Crippen molar-refractivity contribution in [3.05, 3.63) is 75.8 Å². The lowest BCUT2D eigenvalue weighted by molar-refractivity contribution is -0.137. The van der Waals surface area contributed by atoms with Crippen LogP contribution in [-0.2, 0) is 6.18 Å². The SMILES string of the molecule is O=C(c1ccc2ccc(=O)[nH]c2c1)N1CCN(c2ccc(C(F)(F)F)cc2F)CC1. The van der Waals surface area contributed by atoms with Gasteiger partial charge in [0.05, 0.1) is 11.3 Å². The molecule has 0 bridgehead atoms. The van der Waals surface area contributed by atoms with E-state index in [4.69, 9.17) is 0 Å². The van der Waals surface area contributed by atoms with E-state index in [0.717, 1.165) is 17.5 Å². The number of nitrogens with one attached hydrogen (secondary N) is 1. The summed E-state index contributed by atoms with van der Waals surface area (Å²) in [6, 6.07) is 10.6. The molecular formula is C21H17F4N3O2. The second-order valence-electron chi connectivity index (χ2n) is 7.07. The van der Waals surface area contributed by atoms with Crippen molar-refractivity contribution in [1.29, 1.82) is 0 Å². The summed E-state index contributed by atoms with van der Waals surface area (Å²) in [7, 11) is 0. The number of piperazine rings is 1. The third-order valence-corrected chi connectivity index (χ3v) is 5.15. The number of nitrogens with zero attached hydrogens (tertiary/aromatic N) is 2. The molecule has 2 heterocycles. The molecule has 3 aromatic rings. The molecule has 1 aliphatic rings. The van der Waals surface area contributed by atoms with Crippen LogP contribution >= 0.6 is 0 Å². The first-order valence-electron chi connectivity index (χ1n) is 9.26. The van der Waals surface area contributed by atoms with Gasteiger partial charge in [0.1, 0.15) is 5.82 Å². The van der Waals surface area contributed by atoms with Crippen molar-refractivity contribution in [2.45, 2.75) is 6.18 Å². The molecule has 156 valence electrons. The molecule has 0 spiro atoms. The third kappa shape index (κ3) is 3.87. The monoisotopic (exact) mass is 419 g/mol. The van der Waals surface area contributed by atoms with Crippen LogP contribution in [0.5, 0.6) is 0 Å². The van der Waals surface area contributed by atoms with Crippen molar-refractivity contribution in [1.82, 2.24) is 9.88 Å². The smallest absolute Gasteiger partial charge is 0.366 e. The summed E-state index contributed by atoms with van der Waals surface area (Å²) in [4.78, 5) is 30.2. The van der Waals surface area contributed by atoms with Crippen LogP contribution in [0, 0.1) is 5.82 Å². The number of aromatic nitrogens is 1. The van der Waals surface area contributed by atoms with E-state index < -0.39 is 17.6 Å². The number of benzene rings is 2. The normalized spacial score (nSPS) is 14.9. The third-order valence-electron chi connectivity index (χ3n) is 5.15. The van der Waals surface area contributed by atoms with Crippen LogP contribution in [0.25, 0.3) is 10.9 Å². The quantitative estimate of drug-likeness (QED) is 0.646. The Bertz CT molecular complexity index is 1160. The van der Waals surface area contributed by atoms with Crippen LogP contribution in [-0.4, -0.2) is 42.0 Å². The second-order valence-corrected chi connectivity index (χ2v) is 7.07. The minimum Gasteiger partial charge on any atom is -0.366 e. The van der Waals surface area contributed by atoms with Gasteiger partial charge in [-0.3, -0.25) is 9.59 Å². The van der Waals surface area contributed by atoms with Gasteiger partial charge in [0.25, 0.3) is 5.91 Å². The fraction of sp³-hybridized carbons (Fsp3) is 0.238. The number of H-pyrrole nitrogens is 1. The Balaban J connectivity index is 1.47. The summed E-state index contributed by atoms with van der Waals surface area (Å²) < 4.78 is 52.4. The van der Waals surface area contributed by atoms with Gasteiger partial charge in [-0.05, 0) is 41.8 Å². The van der Waals surface area contributed by atoms with Crippen molar-refractivity contribution >= 4 is 22.5 Å². The molecule has 1 amide bonds. The molecule has 0 radical (unpaired) electrons. The molecule has 1 saturated heterocycles. The van der Waals surface area contributed by atoms with Gasteiger partial charge in [0.2, 0.25) is 5.56 Å². The van der Waals surface area contributed by atoms with E-state index >= 15 is 0 Å². The average molecular weight is 419 g/mol. The fourth-order valence-electron chi connectivity index (χ4n) is 3.56. The number of carbonyl (C=O) groups excluding carboxylic acids is 1. The summed E-state index contributed by atoms with van der Waals surface area (Å²) in [6.45, 7) is 1.17. The number of hydrogen-bond acceptors (Lipinski definition) is 3. The van der Waals surface area contributed by atoms with E-state index in [-0.39, 0.29) is 17.2 Å². The van der Waals surface area contributed by atoms with E-state index in [0.29, 0.717) is 43.3 Å². The van der Waals surface area contributed by atoms with Gasteiger partial charge in [-0.2, -0.15) is 13.2 Å². The van der Waals surface area contributed by atoms with Crippen molar-refractivity contribution in [2.75, 3.05) is 31.1 Å². The molecule has 1 aromatic heterocycles. The van der Waals surface area contributed by atoms with Gasteiger partial charge < -0.3 is 14.8 Å². The van der Waals surface area contributed by atoms with Gasteiger partial charge in [0, 0.05) is 43.3 Å². The van der Waals surface area contributed by atoms with E-state index in [1.165, 1.54) is 6.07 Å². The maximum absolute atomic E-state index is 14.2. The highest BCUT2D eigenvalue weighted by Gasteiger charge is 2.32. The molecule has 9 heteroatoms. The highest BCUT2D eigenvalue weighted by Crippen LogP contribution is 2.32. The van der Waals surface area contributed by atoms with E-state index in [9.17, 15) is 27.2 Å². The van der Waals surface area contributed by atoms with Gasteiger partial charge in [0.15, 0.2) is 0 Å². The summed E-state index contributed by atoms with van der Waals surface area (Å²) in [6.07, 6.45) is -4.60. The fourth-order valence-corrected chi connectivity index (χ4v) is 3.56. The Morgan fingerprint density at radius 1 is 0.933 bits per heavy atom. The summed E-state index contributed by atoms with van der Waals surface area (Å²) in [5.74, 6) is -1.17. The zero-order valence-corrected chi connectivity index (χ0v) is 15.7. The number of halogens is 4. The first kappa shape index (κ1) is 19.9. The average Bonchev–Trinajstić information content (AvgIpc) is 2.72. The van der Waals surface area contributed by atoms with Crippen LogP contribution in [0.1, 0.15) is 15.9 Å². The maximum Gasteiger partial charge on any atom is 0.416 e. The molecule has 4 rings (SSSR count). The minimum atomic E-state index is -4.60. The zero-order chi connectivity index (χ0) is 21.5. The lowest BCUT2D eigenvalue weighted by Crippen LogP contribution is -2.49. The summed E-state index contributed by atoms with van der Waals surface area (Å²) in [5, 5.41) is 0.800. The van der Waals surface area contributed by atoms with Crippen LogP contribution in [0.4, 0.5) is 23.2 Å². The minimum absolute atomic E-state index is 0.0818. The van der Waals surface area contributed by atoms with Gasteiger partial charge in [-0.15, -0.1) is 0 Å². The number of hydrogen-bond donors (Lipinski definition) is 1. The van der Waals surface area contributed by atoms with E-state index in [1.54, 1.807) is 34.1 Å². The van der Waals surface area contributed by atoms with Gasteiger partial charge in [-0.25, -0.2) is 4.39 Å². The Kier molecular flexibility index (Phi) is 4.97. The van der Waals surface area contributed by atoms with Gasteiger partial charge >= 0.3 is 6.18 Å². The molecule has 0 unspecified atom stereocenters. The highest BCUT2D eigenvalue weighted by atomic mass is 19.4. The van der Waals surface area contributed by atoms with Crippen molar-refractivity contribution in [3.8, 4) is 0 Å². The molecule has 1 aliphatic heterocycles. The molecule has 1 fully saturated rings. The molecule has 5 nitrogen and oxygen atoms in total. The number of anilines is 1. The lowest BCUT2D eigenvalue weighted by Gasteiger charge is -2.36. The number of fused-ring (bicyclic) bond motifs is 1. The largest absolute Gasteiger partial charge is 0.416 e. The Labute approximate surface area is 168 Å². The Morgan fingerprint density at radius 2 is 1.63 bits per heavy atom. The Morgan fingerprint density at radius 3 is 2.30 bits per heavy atom. The molecule has 1 N–H and O–H groups in total. The van der Waals surface area contributed by atoms with Crippen molar-refractivity contribution < 1.29 is 22.4 Å². The van der Waals surface area contributed by atoms with Crippen LogP contribution in [0.15, 0.2) is 53.3 Å². The number of pyridine rings is 1. The highest BCUT2D eigenvalue weighted by molar-refractivity contribution is 5.97. The molecular weight excluding hydrogens is 402 g/mol. The molecule has 0 atom stereocenters. The van der Waals surface area contributed by atoms with Crippen LogP contribution in [0.2, 0.25) is 0 Å². The predicted octanol–water partition coefficient (Wildman–Crippen LogP) is 3.65. The van der Waals surface area contributed by atoms with Gasteiger partial charge in [-0.1, -0.05) is 6.07 Å². The lowest BCUT2D eigenvalue weighted by atomic mass is 10.1. The number of aromatic amines is 1. The first-order valence-corrected chi connectivity index (χ1v) is 9.26. The first-order chi connectivity index (χ1) is 14.2. The standard InChI is InChI=1S/C21H17F4N3O2/c22-16-12-15(21(23,24)25)4-5-18(16)27-7-9-28(10-8-27)20(30)14-2-1-13-3-6-19(29)26-17(13)11-14/h1-6,11-12H,7-10H2,(H,26,29). The predicted molar refractivity (Wildman–Crippen MR) is 104 cm³/mol. The number of rotatable bonds is 2. The molecule has 2 aromatic carbocycles. The van der Waals surface area contributed by atoms with Crippen LogP contribution < -0.4 is 10.5 Å². The Hall–Kier alpha value is -3.36. The molecule has 0 aliphatic carbocycles.